The Balaban J connectivity index is 1.72. The van der Waals surface area contributed by atoms with Crippen LogP contribution in [0.2, 0.25) is 5.02 Å². The van der Waals surface area contributed by atoms with Gasteiger partial charge in [-0.25, -0.2) is 13.8 Å². The Morgan fingerprint density at radius 3 is 2.35 bits per heavy atom. The van der Waals surface area contributed by atoms with Gasteiger partial charge in [0.15, 0.2) is 5.37 Å². The highest BCUT2D eigenvalue weighted by Crippen LogP contribution is 2.21. The van der Waals surface area contributed by atoms with E-state index in [1.807, 2.05) is 19.1 Å². The number of carbonyl (C=O) groups is 1. The molecule has 0 aromatic heterocycles. The smallest absolute Gasteiger partial charge is 0.250 e. The minimum Gasteiger partial charge on any atom is -0.326 e. The summed E-state index contributed by atoms with van der Waals surface area (Å²) in [6.07, 6.45) is 0. The molecule has 7 nitrogen and oxygen atoms in total. The molecule has 0 bridgehead atoms. The van der Waals surface area contributed by atoms with Crippen molar-refractivity contribution in [3.05, 3.63) is 59.1 Å². The second-order valence-corrected chi connectivity index (χ2v) is 8.30. The normalized spacial score (nSPS) is 19.9. The molecule has 26 heavy (non-hydrogen) atoms. The average molecular weight is 395 g/mol. The first-order chi connectivity index (χ1) is 12.3. The summed E-state index contributed by atoms with van der Waals surface area (Å²) in [6, 6.07) is 13.6. The van der Waals surface area contributed by atoms with E-state index in [1.54, 1.807) is 36.4 Å². The molecule has 0 spiro atoms. The van der Waals surface area contributed by atoms with E-state index in [0.29, 0.717) is 16.4 Å². The van der Waals surface area contributed by atoms with Crippen LogP contribution in [0.4, 0.5) is 11.4 Å². The molecular formula is C17H19ClN4O3S. The molecule has 1 aliphatic heterocycles. The lowest BCUT2D eigenvalue weighted by molar-refractivity contribution is -0.119. The first-order valence-corrected chi connectivity index (χ1v) is 9.91. The van der Waals surface area contributed by atoms with Crippen LogP contribution in [0.1, 0.15) is 5.56 Å². The van der Waals surface area contributed by atoms with Crippen molar-refractivity contribution in [2.75, 3.05) is 16.6 Å². The number of benzene rings is 2. The summed E-state index contributed by atoms with van der Waals surface area (Å²) in [6.45, 7) is 2.11. The highest BCUT2D eigenvalue weighted by molar-refractivity contribution is 7.93. The van der Waals surface area contributed by atoms with Gasteiger partial charge in [-0.05, 0) is 43.3 Å². The Hall–Kier alpha value is -2.13. The lowest BCUT2D eigenvalue weighted by Gasteiger charge is -2.19. The number of hydrazine groups is 1. The van der Waals surface area contributed by atoms with Gasteiger partial charge in [-0.3, -0.25) is 14.9 Å². The first kappa shape index (κ1) is 18.7. The zero-order valence-corrected chi connectivity index (χ0v) is 15.6. The zero-order valence-electron chi connectivity index (χ0n) is 14.0. The van der Waals surface area contributed by atoms with Gasteiger partial charge in [0.05, 0.1) is 5.92 Å². The van der Waals surface area contributed by atoms with E-state index in [1.165, 1.54) is 0 Å². The number of anilines is 2. The molecule has 2 aromatic carbocycles. The molecule has 1 saturated heterocycles. The fraction of sp³-hybridized carbons (Fsp3) is 0.235. The Bertz CT molecular complexity index is 885. The van der Waals surface area contributed by atoms with Crippen molar-refractivity contribution in [3.63, 3.8) is 0 Å². The third-order valence-corrected chi connectivity index (χ3v) is 5.91. The fourth-order valence-electron chi connectivity index (χ4n) is 2.62. The number of halogens is 1. The van der Waals surface area contributed by atoms with Gasteiger partial charge in [0.1, 0.15) is 0 Å². The second kappa shape index (κ2) is 7.63. The van der Waals surface area contributed by atoms with E-state index in [9.17, 15) is 13.2 Å². The maximum Gasteiger partial charge on any atom is 0.250 e. The Kier molecular flexibility index (Phi) is 5.47. The SMILES string of the molecule is Cc1ccc(NS(=O)(=O)C2NNCC2C(=O)Nc2ccc(Cl)cc2)cc1. The number of carbonyl (C=O) groups excluding carboxylic acids is 1. The van der Waals surface area contributed by atoms with E-state index in [-0.39, 0.29) is 6.54 Å². The molecule has 1 heterocycles. The van der Waals surface area contributed by atoms with Crippen molar-refractivity contribution in [1.82, 2.24) is 10.9 Å². The summed E-state index contributed by atoms with van der Waals surface area (Å²) in [5, 5.41) is 2.16. The van der Waals surface area contributed by atoms with Crippen LogP contribution < -0.4 is 20.9 Å². The van der Waals surface area contributed by atoms with Crippen LogP contribution in [0.5, 0.6) is 0 Å². The monoisotopic (exact) mass is 394 g/mol. The molecule has 2 aromatic rings. The minimum atomic E-state index is -3.82. The van der Waals surface area contributed by atoms with Crippen LogP contribution in [0.25, 0.3) is 0 Å². The first-order valence-electron chi connectivity index (χ1n) is 7.98. The number of rotatable bonds is 5. The van der Waals surface area contributed by atoms with Gasteiger partial charge in [0, 0.05) is 22.9 Å². The number of nitrogens with one attached hydrogen (secondary N) is 4. The molecule has 3 rings (SSSR count). The maximum atomic E-state index is 12.7. The van der Waals surface area contributed by atoms with E-state index in [2.05, 4.69) is 20.9 Å². The lowest BCUT2D eigenvalue weighted by atomic mass is 10.1. The Labute approximate surface area is 157 Å². The third kappa shape index (κ3) is 4.34. The number of sulfonamides is 1. The molecule has 4 N–H and O–H groups in total. The summed E-state index contributed by atoms with van der Waals surface area (Å²) in [5.74, 6) is -1.20. The number of hydrogen-bond acceptors (Lipinski definition) is 5. The molecular weight excluding hydrogens is 376 g/mol. The predicted octanol–water partition coefficient (Wildman–Crippen LogP) is 2.08. The molecule has 1 fully saturated rings. The lowest BCUT2D eigenvalue weighted by Crippen LogP contribution is -2.45. The number of amides is 1. The highest BCUT2D eigenvalue weighted by atomic mass is 35.5. The van der Waals surface area contributed by atoms with E-state index in [4.69, 9.17) is 11.6 Å². The summed E-state index contributed by atoms with van der Waals surface area (Å²) in [5.41, 5.74) is 7.44. The summed E-state index contributed by atoms with van der Waals surface area (Å²) in [7, 11) is -3.82. The van der Waals surface area contributed by atoms with Gasteiger partial charge in [-0.2, -0.15) is 0 Å². The standard InChI is InChI=1S/C17H19ClN4O3S/c1-11-2-6-14(7-3-11)22-26(24,25)17-15(10-19-21-17)16(23)20-13-8-4-12(18)5-9-13/h2-9,15,17,19,21-22H,10H2,1H3,(H,20,23). The van der Waals surface area contributed by atoms with E-state index < -0.39 is 27.2 Å². The van der Waals surface area contributed by atoms with Crippen molar-refractivity contribution >= 4 is 38.9 Å². The van der Waals surface area contributed by atoms with Gasteiger partial charge >= 0.3 is 0 Å². The van der Waals surface area contributed by atoms with Crippen LogP contribution in [0.3, 0.4) is 0 Å². The molecule has 2 unspecified atom stereocenters. The van der Waals surface area contributed by atoms with Crippen LogP contribution in [0.15, 0.2) is 48.5 Å². The minimum absolute atomic E-state index is 0.193. The number of aryl methyl sites for hydroxylation is 1. The summed E-state index contributed by atoms with van der Waals surface area (Å²) >= 11 is 5.82. The fourth-order valence-corrected chi connectivity index (χ4v) is 4.23. The van der Waals surface area contributed by atoms with E-state index in [0.717, 1.165) is 5.56 Å². The second-order valence-electron chi connectivity index (χ2n) is 6.06. The van der Waals surface area contributed by atoms with E-state index >= 15 is 0 Å². The predicted molar refractivity (Wildman–Crippen MR) is 102 cm³/mol. The van der Waals surface area contributed by atoms with Gasteiger partial charge in [0.2, 0.25) is 5.91 Å². The summed E-state index contributed by atoms with van der Waals surface area (Å²) < 4.78 is 27.9. The maximum absolute atomic E-state index is 12.7. The average Bonchev–Trinajstić information content (AvgIpc) is 3.10. The largest absolute Gasteiger partial charge is 0.326 e. The van der Waals surface area contributed by atoms with Gasteiger partial charge < -0.3 is 5.32 Å². The van der Waals surface area contributed by atoms with Gasteiger partial charge in [-0.15, -0.1) is 0 Å². The van der Waals surface area contributed by atoms with Crippen LogP contribution in [-0.2, 0) is 14.8 Å². The van der Waals surface area contributed by atoms with Crippen LogP contribution >= 0.6 is 11.6 Å². The molecule has 9 heteroatoms. The quantitative estimate of drug-likeness (QED) is 0.622. The van der Waals surface area contributed by atoms with Crippen molar-refractivity contribution < 1.29 is 13.2 Å². The topological polar surface area (TPSA) is 99.3 Å². The third-order valence-electron chi connectivity index (χ3n) is 4.03. The number of hydrogen-bond donors (Lipinski definition) is 4. The van der Waals surface area contributed by atoms with Gasteiger partial charge in [-0.1, -0.05) is 29.3 Å². The van der Waals surface area contributed by atoms with Crippen LogP contribution in [0, 0.1) is 12.8 Å². The van der Waals surface area contributed by atoms with Crippen molar-refractivity contribution in [2.45, 2.75) is 12.3 Å². The van der Waals surface area contributed by atoms with Crippen LogP contribution in [-0.4, -0.2) is 26.2 Å². The van der Waals surface area contributed by atoms with Crippen molar-refractivity contribution in [3.8, 4) is 0 Å². The van der Waals surface area contributed by atoms with Crippen molar-refractivity contribution in [1.29, 1.82) is 0 Å². The Morgan fingerprint density at radius 1 is 1.08 bits per heavy atom. The Morgan fingerprint density at radius 2 is 1.69 bits per heavy atom. The van der Waals surface area contributed by atoms with Crippen molar-refractivity contribution in [2.24, 2.45) is 5.92 Å². The summed E-state index contributed by atoms with van der Waals surface area (Å²) in [4.78, 5) is 12.5. The molecule has 0 saturated carbocycles. The zero-order chi connectivity index (χ0) is 18.7. The highest BCUT2D eigenvalue weighted by Gasteiger charge is 2.41. The molecule has 138 valence electrons. The molecule has 0 radical (unpaired) electrons. The molecule has 1 aliphatic rings. The molecule has 2 atom stereocenters. The molecule has 1 amide bonds. The van der Waals surface area contributed by atoms with Gasteiger partial charge in [0.25, 0.3) is 10.0 Å². The molecule has 0 aliphatic carbocycles.